The molecule has 0 spiro atoms. The maximum Gasteiger partial charge on any atom is 0.227 e. The molecule has 4 nitrogen and oxygen atoms in total. The predicted octanol–water partition coefficient (Wildman–Crippen LogP) is 4.10. The van der Waals surface area contributed by atoms with E-state index < -0.39 is 0 Å². The third kappa shape index (κ3) is 4.86. The lowest BCUT2D eigenvalue weighted by atomic mass is 10.1. The second kappa shape index (κ2) is 8.21. The van der Waals surface area contributed by atoms with Gasteiger partial charge in [-0.2, -0.15) is 0 Å². The number of benzene rings is 1. The maximum absolute atomic E-state index is 13.2. The molecule has 1 aliphatic heterocycles. The molecular weight excluding hydrogens is 319 g/mol. The molecule has 1 aromatic heterocycles. The summed E-state index contributed by atoms with van der Waals surface area (Å²) in [6.07, 6.45) is 7.07. The van der Waals surface area contributed by atoms with Crippen LogP contribution in [0.2, 0.25) is 0 Å². The molecule has 1 aromatic carbocycles. The molecule has 1 aliphatic rings. The summed E-state index contributed by atoms with van der Waals surface area (Å²) < 4.78 is 19.0. The zero-order valence-electron chi connectivity index (χ0n) is 14.4. The highest BCUT2D eigenvalue weighted by atomic mass is 19.1. The second-order valence-electron chi connectivity index (χ2n) is 6.50. The van der Waals surface area contributed by atoms with Gasteiger partial charge in [-0.3, -0.25) is 9.78 Å². The Bertz CT molecular complexity index is 691. The van der Waals surface area contributed by atoms with Crippen LogP contribution in [0.15, 0.2) is 48.8 Å². The van der Waals surface area contributed by atoms with Crippen molar-refractivity contribution in [1.82, 2.24) is 4.98 Å². The molecule has 0 bridgehead atoms. The van der Waals surface area contributed by atoms with E-state index >= 15 is 0 Å². The van der Waals surface area contributed by atoms with Gasteiger partial charge in [0.15, 0.2) is 0 Å². The number of ether oxygens (including phenoxy) is 1. The summed E-state index contributed by atoms with van der Waals surface area (Å²) in [6.45, 7) is 2.48. The Morgan fingerprint density at radius 2 is 2.08 bits per heavy atom. The number of hydrogen-bond acceptors (Lipinski definition) is 3. The van der Waals surface area contributed by atoms with Crippen LogP contribution >= 0.6 is 0 Å². The van der Waals surface area contributed by atoms with E-state index in [0.717, 1.165) is 18.4 Å². The van der Waals surface area contributed by atoms with Gasteiger partial charge < -0.3 is 9.64 Å². The third-order valence-electron chi connectivity index (χ3n) is 4.50. The number of aromatic nitrogens is 1. The first-order valence-corrected chi connectivity index (χ1v) is 8.72. The van der Waals surface area contributed by atoms with Crippen molar-refractivity contribution in [2.75, 3.05) is 4.90 Å². The number of hydrogen-bond donors (Lipinski definition) is 0. The number of halogens is 1. The van der Waals surface area contributed by atoms with Crippen molar-refractivity contribution in [3.63, 3.8) is 0 Å². The number of carbonyl (C=O) groups is 1. The zero-order chi connectivity index (χ0) is 17.6. The van der Waals surface area contributed by atoms with Crippen LogP contribution in [-0.2, 0) is 16.1 Å². The number of nitrogens with zero attached hydrogens (tertiary/aromatic N) is 2. The smallest absolute Gasteiger partial charge is 0.227 e. The van der Waals surface area contributed by atoms with Crippen LogP contribution in [0.4, 0.5) is 10.1 Å². The van der Waals surface area contributed by atoms with Gasteiger partial charge in [-0.1, -0.05) is 6.07 Å². The largest absolute Gasteiger partial charge is 0.375 e. The van der Waals surface area contributed by atoms with Crippen LogP contribution in [0.1, 0.15) is 38.2 Å². The van der Waals surface area contributed by atoms with E-state index in [-0.39, 0.29) is 23.9 Å². The van der Waals surface area contributed by atoms with Gasteiger partial charge in [-0.05, 0) is 62.1 Å². The van der Waals surface area contributed by atoms with E-state index in [4.69, 9.17) is 4.74 Å². The van der Waals surface area contributed by atoms with Gasteiger partial charge in [-0.25, -0.2) is 4.39 Å². The summed E-state index contributed by atoms with van der Waals surface area (Å²) >= 11 is 0. The van der Waals surface area contributed by atoms with Gasteiger partial charge in [0.25, 0.3) is 0 Å². The van der Waals surface area contributed by atoms with Gasteiger partial charge in [-0.15, -0.1) is 0 Å². The summed E-state index contributed by atoms with van der Waals surface area (Å²) in [4.78, 5) is 18.6. The molecule has 2 heterocycles. The fourth-order valence-electron chi connectivity index (χ4n) is 3.14. The summed E-state index contributed by atoms with van der Waals surface area (Å²) in [5.74, 6) is -0.301. The van der Waals surface area contributed by atoms with Crippen LogP contribution < -0.4 is 4.90 Å². The fourth-order valence-corrected chi connectivity index (χ4v) is 3.14. The molecule has 1 saturated heterocycles. The van der Waals surface area contributed by atoms with E-state index in [9.17, 15) is 9.18 Å². The number of pyridine rings is 1. The normalized spacial score (nSPS) is 19.8. The number of carbonyl (C=O) groups excluding carboxylic acids is 1. The Labute approximate surface area is 147 Å². The number of anilines is 1. The van der Waals surface area contributed by atoms with Crippen molar-refractivity contribution in [1.29, 1.82) is 0 Å². The molecular formula is C20H23FN2O2. The Kier molecular flexibility index (Phi) is 5.76. The van der Waals surface area contributed by atoms with E-state index in [1.807, 2.05) is 12.1 Å². The van der Waals surface area contributed by atoms with Crippen molar-refractivity contribution in [3.05, 3.63) is 60.2 Å². The molecule has 0 aliphatic carbocycles. The molecule has 25 heavy (non-hydrogen) atoms. The second-order valence-corrected chi connectivity index (χ2v) is 6.50. The van der Waals surface area contributed by atoms with Gasteiger partial charge in [0.1, 0.15) is 5.82 Å². The summed E-state index contributed by atoms with van der Waals surface area (Å²) in [5, 5.41) is 0. The van der Waals surface area contributed by atoms with Gasteiger partial charge in [0.2, 0.25) is 5.91 Å². The van der Waals surface area contributed by atoms with E-state index in [0.29, 0.717) is 25.1 Å². The molecule has 5 heteroatoms. The monoisotopic (exact) mass is 342 g/mol. The molecule has 1 fully saturated rings. The molecule has 2 atom stereocenters. The van der Waals surface area contributed by atoms with E-state index in [1.54, 1.807) is 29.4 Å². The molecule has 0 N–H and O–H groups in total. The Morgan fingerprint density at radius 3 is 2.72 bits per heavy atom. The highest BCUT2D eigenvalue weighted by molar-refractivity contribution is 5.93. The van der Waals surface area contributed by atoms with Crippen molar-refractivity contribution in [2.45, 2.75) is 51.4 Å². The average Bonchev–Trinajstić information content (AvgIpc) is 3.05. The van der Waals surface area contributed by atoms with Gasteiger partial charge >= 0.3 is 0 Å². The molecule has 2 aromatic rings. The minimum atomic E-state index is -0.314. The molecule has 0 unspecified atom stereocenters. The summed E-state index contributed by atoms with van der Waals surface area (Å²) in [7, 11) is 0. The molecule has 0 radical (unpaired) electrons. The Morgan fingerprint density at radius 1 is 1.28 bits per heavy atom. The lowest BCUT2D eigenvalue weighted by Gasteiger charge is -2.23. The highest BCUT2D eigenvalue weighted by Crippen LogP contribution is 2.24. The fraction of sp³-hybridized carbons (Fsp3) is 0.400. The standard InChI is InChI=1S/C20H23FN2O2/c1-15-4-9-19(25-15)10-11-20(24)23(14-16-3-2-12-22-13-16)18-7-5-17(21)6-8-18/h2-3,5-8,12-13,15,19H,4,9-11,14H2,1H3/t15-,19+/m0/s1. The topological polar surface area (TPSA) is 42.4 Å². The van der Waals surface area contributed by atoms with Crippen LogP contribution in [-0.4, -0.2) is 23.1 Å². The average molecular weight is 342 g/mol. The first-order valence-electron chi connectivity index (χ1n) is 8.72. The summed E-state index contributed by atoms with van der Waals surface area (Å²) in [5.41, 5.74) is 1.63. The Hall–Kier alpha value is -2.27. The van der Waals surface area contributed by atoms with E-state index in [1.165, 1.54) is 12.1 Å². The van der Waals surface area contributed by atoms with Gasteiger partial charge in [0.05, 0.1) is 18.8 Å². The minimum absolute atomic E-state index is 0.0126. The lowest BCUT2D eigenvalue weighted by Crippen LogP contribution is -2.31. The third-order valence-corrected chi connectivity index (χ3v) is 4.50. The summed E-state index contributed by atoms with van der Waals surface area (Å²) in [6, 6.07) is 9.80. The molecule has 1 amide bonds. The van der Waals surface area contributed by atoms with Crippen LogP contribution in [0.3, 0.4) is 0 Å². The molecule has 0 saturated carbocycles. The van der Waals surface area contributed by atoms with Crippen LogP contribution in [0.5, 0.6) is 0 Å². The highest BCUT2D eigenvalue weighted by Gasteiger charge is 2.24. The van der Waals surface area contributed by atoms with Crippen molar-refractivity contribution >= 4 is 11.6 Å². The number of rotatable bonds is 6. The Balaban J connectivity index is 1.70. The predicted molar refractivity (Wildman–Crippen MR) is 94.6 cm³/mol. The SMILES string of the molecule is C[C@H]1CC[C@H](CCC(=O)N(Cc2cccnc2)c2ccc(F)cc2)O1. The zero-order valence-corrected chi connectivity index (χ0v) is 14.4. The maximum atomic E-state index is 13.2. The molecule has 3 rings (SSSR count). The molecule has 132 valence electrons. The van der Waals surface area contributed by atoms with Crippen molar-refractivity contribution in [2.24, 2.45) is 0 Å². The first-order chi connectivity index (χ1) is 12.1. The van der Waals surface area contributed by atoms with E-state index in [2.05, 4.69) is 11.9 Å². The quantitative estimate of drug-likeness (QED) is 0.794. The van der Waals surface area contributed by atoms with Crippen LogP contribution in [0.25, 0.3) is 0 Å². The minimum Gasteiger partial charge on any atom is -0.375 e. The first kappa shape index (κ1) is 17.5. The lowest BCUT2D eigenvalue weighted by molar-refractivity contribution is -0.119. The van der Waals surface area contributed by atoms with Crippen LogP contribution in [0, 0.1) is 5.82 Å². The number of amides is 1. The van der Waals surface area contributed by atoms with Gasteiger partial charge in [0, 0.05) is 24.5 Å². The van der Waals surface area contributed by atoms with Crippen molar-refractivity contribution in [3.8, 4) is 0 Å². The van der Waals surface area contributed by atoms with Crippen molar-refractivity contribution < 1.29 is 13.9 Å².